The fourth-order valence-electron chi connectivity index (χ4n) is 3.73. The lowest BCUT2D eigenvalue weighted by molar-refractivity contribution is 0.0526. The van der Waals surface area contributed by atoms with Crippen molar-refractivity contribution >= 4 is 22.0 Å². The van der Waals surface area contributed by atoms with E-state index in [-0.39, 0.29) is 61.9 Å². The Hall–Kier alpha value is -3.31. The highest BCUT2D eigenvalue weighted by atomic mass is 32.2. The second-order valence-corrected chi connectivity index (χ2v) is 9.76. The summed E-state index contributed by atoms with van der Waals surface area (Å²) in [4.78, 5) is 26.0. The molecule has 0 radical (unpaired) electrons. The molecule has 4 rings (SSSR count). The minimum Gasteiger partial charge on any atom is -0.486 e. The van der Waals surface area contributed by atoms with Crippen molar-refractivity contribution in [2.75, 3.05) is 45.9 Å². The minimum absolute atomic E-state index is 0.0909. The molecule has 0 aliphatic carbocycles. The maximum Gasteiger partial charge on any atom is 0.338 e. The lowest BCUT2D eigenvalue weighted by Crippen LogP contribution is -2.54. The molecule has 2 amide bonds. The van der Waals surface area contributed by atoms with Gasteiger partial charge in [0.2, 0.25) is 10.0 Å². The summed E-state index contributed by atoms with van der Waals surface area (Å²) in [5.74, 6) is 0.820. The van der Waals surface area contributed by atoms with Crippen molar-refractivity contribution in [1.82, 2.24) is 14.5 Å². The highest BCUT2D eigenvalue weighted by Crippen LogP contribution is 2.30. The molecule has 1 atom stereocenters. The van der Waals surface area contributed by atoms with E-state index in [1.807, 2.05) is 24.3 Å². The number of piperazine rings is 1. The minimum atomic E-state index is -3.74. The van der Waals surface area contributed by atoms with Gasteiger partial charge in [0, 0.05) is 26.2 Å². The van der Waals surface area contributed by atoms with E-state index in [1.165, 1.54) is 28.6 Å². The molecular formula is C23H27N3O7S. The smallest absolute Gasteiger partial charge is 0.338 e. The number of rotatable bonds is 6. The SMILES string of the molecule is CCOC(=O)c1ccc(S(=O)(=O)N2CCN(C(=O)NCC3COc4ccccc4O3)CC2)cc1. The van der Waals surface area contributed by atoms with Gasteiger partial charge in [0.15, 0.2) is 17.6 Å². The van der Waals surface area contributed by atoms with E-state index in [9.17, 15) is 18.0 Å². The lowest BCUT2D eigenvalue weighted by atomic mass is 10.2. The van der Waals surface area contributed by atoms with E-state index in [2.05, 4.69) is 5.32 Å². The summed E-state index contributed by atoms with van der Waals surface area (Å²) in [5.41, 5.74) is 0.290. The third kappa shape index (κ3) is 5.26. The van der Waals surface area contributed by atoms with E-state index >= 15 is 0 Å². The van der Waals surface area contributed by atoms with Gasteiger partial charge in [-0.3, -0.25) is 0 Å². The largest absolute Gasteiger partial charge is 0.486 e. The number of amides is 2. The highest BCUT2D eigenvalue weighted by molar-refractivity contribution is 7.89. The van der Waals surface area contributed by atoms with Crippen LogP contribution in [0.2, 0.25) is 0 Å². The van der Waals surface area contributed by atoms with Crippen LogP contribution in [-0.4, -0.2) is 81.7 Å². The second kappa shape index (κ2) is 10.3. The van der Waals surface area contributed by atoms with Gasteiger partial charge in [0.25, 0.3) is 0 Å². The standard InChI is InChI=1S/C23H27N3O7S/c1-2-31-22(27)17-7-9-19(10-8-17)34(29,30)26-13-11-25(12-14-26)23(28)24-15-18-16-32-20-5-3-4-6-21(20)33-18/h3-10,18H,2,11-16H2,1H3,(H,24,28). The Balaban J connectivity index is 1.27. The predicted octanol–water partition coefficient (Wildman–Crippen LogP) is 1.72. The normalized spacial score (nSPS) is 18.3. The average Bonchev–Trinajstić information content (AvgIpc) is 2.87. The summed E-state index contributed by atoms with van der Waals surface area (Å²) in [6.45, 7) is 3.42. The van der Waals surface area contributed by atoms with E-state index in [4.69, 9.17) is 14.2 Å². The van der Waals surface area contributed by atoms with Gasteiger partial charge >= 0.3 is 12.0 Å². The van der Waals surface area contributed by atoms with Crippen LogP contribution in [0.25, 0.3) is 0 Å². The van der Waals surface area contributed by atoms with Gasteiger partial charge in [-0.05, 0) is 43.3 Å². The Morgan fingerprint density at radius 2 is 1.71 bits per heavy atom. The molecule has 1 unspecified atom stereocenters. The van der Waals surface area contributed by atoms with E-state index < -0.39 is 16.0 Å². The summed E-state index contributed by atoms with van der Waals surface area (Å²) < 4.78 is 43.7. The van der Waals surface area contributed by atoms with Crippen LogP contribution in [0.1, 0.15) is 17.3 Å². The van der Waals surface area contributed by atoms with Gasteiger partial charge in [-0.2, -0.15) is 4.31 Å². The maximum atomic E-state index is 13.0. The summed E-state index contributed by atoms with van der Waals surface area (Å²) in [6, 6.07) is 12.7. The molecule has 0 aromatic heterocycles. The number of sulfonamides is 1. The Labute approximate surface area is 198 Å². The zero-order chi connectivity index (χ0) is 24.1. The van der Waals surface area contributed by atoms with Crippen LogP contribution in [0.5, 0.6) is 11.5 Å². The Morgan fingerprint density at radius 1 is 1.03 bits per heavy atom. The number of hydrogen-bond donors (Lipinski definition) is 1. The van der Waals surface area contributed by atoms with Gasteiger partial charge in [-0.15, -0.1) is 0 Å². The molecular weight excluding hydrogens is 462 g/mol. The summed E-state index contributed by atoms with van der Waals surface area (Å²) in [7, 11) is -3.74. The maximum absolute atomic E-state index is 13.0. The molecule has 2 aromatic rings. The van der Waals surface area contributed by atoms with E-state index in [0.29, 0.717) is 18.1 Å². The van der Waals surface area contributed by atoms with Gasteiger partial charge < -0.3 is 24.4 Å². The number of hydrogen-bond acceptors (Lipinski definition) is 7. The first-order valence-corrected chi connectivity index (χ1v) is 12.5. The van der Waals surface area contributed by atoms with Crippen LogP contribution in [-0.2, 0) is 14.8 Å². The van der Waals surface area contributed by atoms with E-state index in [0.717, 1.165) is 0 Å². The number of esters is 1. The number of benzene rings is 2. The fraction of sp³-hybridized carbons (Fsp3) is 0.391. The predicted molar refractivity (Wildman–Crippen MR) is 122 cm³/mol. The molecule has 2 heterocycles. The van der Waals surface area contributed by atoms with Gasteiger partial charge in [-0.1, -0.05) is 12.1 Å². The first-order valence-electron chi connectivity index (χ1n) is 11.1. The summed E-state index contributed by atoms with van der Waals surface area (Å²) in [6.07, 6.45) is -0.307. The number of carbonyl (C=O) groups is 2. The number of carbonyl (C=O) groups excluding carboxylic acids is 2. The molecule has 11 heteroatoms. The van der Waals surface area contributed by atoms with Crippen molar-refractivity contribution < 1.29 is 32.2 Å². The van der Waals surface area contributed by atoms with Crippen molar-refractivity contribution in [3.8, 4) is 11.5 Å². The molecule has 10 nitrogen and oxygen atoms in total. The number of nitrogens with zero attached hydrogens (tertiary/aromatic N) is 2. The Bertz CT molecular complexity index is 1130. The van der Waals surface area contributed by atoms with Crippen molar-refractivity contribution in [1.29, 1.82) is 0 Å². The molecule has 1 saturated heterocycles. The highest BCUT2D eigenvalue weighted by Gasteiger charge is 2.31. The first-order chi connectivity index (χ1) is 16.4. The zero-order valence-corrected chi connectivity index (χ0v) is 19.6. The molecule has 2 aromatic carbocycles. The van der Waals surface area contributed by atoms with Crippen molar-refractivity contribution in [2.24, 2.45) is 0 Å². The number of nitrogens with one attached hydrogen (secondary N) is 1. The molecule has 0 spiro atoms. The molecule has 1 N–H and O–H groups in total. The Kier molecular flexibility index (Phi) is 7.23. The number of para-hydroxylation sites is 2. The third-order valence-electron chi connectivity index (χ3n) is 5.58. The fourth-order valence-corrected chi connectivity index (χ4v) is 5.16. The summed E-state index contributed by atoms with van der Waals surface area (Å²) in [5, 5.41) is 2.84. The van der Waals surface area contributed by atoms with Crippen LogP contribution >= 0.6 is 0 Å². The van der Waals surface area contributed by atoms with Crippen molar-refractivity contribution in [3.63, 3.8) is 0 Å². The molecule has 0 saturated carbocycles. The Morgan fingerprint density at radius 3 is 2.38 bits per heavy atom. The monoisotopic (exact) mass is 489 g/mol. The van der Waals surface area contributed by atoms with Gasteiger partial charge in [0.1, 0.15) is 6.61 Å². The number of ether oxygens (including phenoxy) is 3. The summed E-state index contributed by atoms with van der Waals surface area (Å²) >= 11 is 0. The van der Waals surface area contributed by atoms with Crippen molar-refractivity contribution in [2.45, 2.75) is 17.9 Å². The molecule has 2 aliphatic heterocycles. The quantitative estimate of drug-likeness (QED) is 0.615. The molecule has 182 valence electrons. The van der Waals surface area contributed by atoms with Gasteiger partial charge in [-0.25, -0.2) is 18.0 Å². The molecule has 2 aliphatic rings. The molecule has 34 heavy (non-hydrogen) atoms. The zero-order valence-electron chi connectivity index (χ0n) is 18.8. The average molecular weight is 490 g/mol. The molecule has 1 fully saturated rings. The lowest BCUT2D eigenvalue weighted by Gasteiger charge is -2.34. The van der Waals surface area contributed by atoms with E-state index in [1.54, 1.807) is 11.8 Å². The van der Waals surface area contributed by atoms with Gasteiger partial charge in [0.05, 0.1) is 23.6 Å². The number of fused-ring (bicyclic) bond motifs is 1. The topological polar surface area (TPSA) is 114 Å². The second-order valence-electron chi connectivity index (χ2n) is 7.82. The third-order valence-corrected chi connectivity index (χ3v) is 7.49. The van der Waals surface area contributed by atoms with Crippen LogP contribution in [0.15, 0.2) is 53.4 Å². The van der Waals surface area contributed by atoms with Crippen LogP contribution < -0.4 is 14.8 Å². The van der Waals surface area contributed by atoms with Crippen molar-refractivity contribution in [3.05, 3.63) is 54.1 Å². The van der Waals surface area contributed by atoms with Crippen LogP contribution in [0.3, 0.4) is 0 Å². The van der Waals surface area contributed by atoms with Crippen LogP contribution in [0, 0.1) is 0 Å². The molecule has 0 bridgehead atoms. The first kappa shape index (κ1) is 23.8. The number of urea groups is 1. The van der Waals surface area contributed by atoms with Crippen LogP contribution in [0.4, 0.5) is 4.79 Å².